The summed E-state index contributed by atoms with van der Waals surface area (Å²) >= 11 is 0. The molecule has 1 aliphatic heterocycles. The van der Waals surface area contributed by atoms with E-state index in [0.29, 0.717) is 17.9 Å². The number of ether oxygens (including phenoxy) is 1. The zero-order valence-corrected chi connectivity index (χ0v) is 12.7. The van der Waals surface area contributed by atoms with Gasteiger partial charge in [0.05, 0.1) is 5.56 Å². The van der Waals surface area contributed by atoms with E-state index >= 15 is 0 Å². The molecule has 3 heteroatoms. The number of amides is 1. The number of hydrogen-bond acceptors (Lipinski definition) is 2. The minimum absolute atomic E-state index is 0.0864. The number of piperidine rings is 1. The third-order valence-corrected chi connectivity index (χ3v) is 4.00. The van der Waals surface area contributed by atoms with Crippen LogP contribution < -0.4 is 4.74 Å². The van der Waals surface area contributed by atoms with E-state index in [9.17, 15) is 4.79 Å². The van der Waals surface area contributed by atoms with Crippen LogP contribution in [0.4, 0.5) is 0 Å². The summed E-state index contributed by atoms with van der Waals surface area (Å²) in [5.74, 6) is 0.755. The number of hydrogen-bond donors (Lipinski definition) is 0. The van der Waals surface area contributed by atoms with Crippen molar-refractivity contribution in [3.05, 3.63) is 65.7 Å². The highest BCUT2D eigenvalue weighted by molar-refractivity contribution is 5.97. The molecule has 22 heavy (non-hydrogen) atoms. The Morgan fingerprint density at radius 3 is 2.36 bits per heavy atom. The summed E-state index contributed by atoms with van der Waals surface area (Å²) in [6.07, 6.45) is 3.41. The summed E-state index contributed by atoms with van der Waals surface area (Å²) in [6, 6.07) is 17.5. The first kappa shape index (κ1) is 14.6. The number of carbonyl (C=O) groups excluding carboxylic acids is 1. The molecule has 114 valence electrons. The molecule has 0 bridgehead atoms. The van der Waals surface area contributed by atoms with Gasteiger partial charge in [-0.25, -0.2) is 0 Å². The number of nitrogens with zero attached hydrogens (tertiary/aromatic N) is 1. The third kappa shape index (κ3) is 3.48. The van der Waals surface area contributed by atoms with Crippen LogP contribution in [-0.2, 0) is 6.61 Å². The topological polar surface area (TPSA) is 29.5 Å². The first-order valence-electron chi connectivity index (χ1n) is 7.89. The van der Waals surface area contributed by atoms with Crippen molar-refractivity contribution in [1.82, 2.24) is 4.90 Å². The van der Waals surface area contributed by atoms with Crippen LogP contribution in [0.2, 0.25) is 0 Å². The molecule has 1 amide bonds. The molecule has 1 aliphatic rings. The van der Waals surface area contributed by atoms with Gasteiger partial charge in [0.15, 0.2) is 0 Å². The second-order valence-corrected chi connectivity index (χ2v) is 5.62. The van der Waals surface area contributed by atoms with Crippen molar-refractivity contribution in [1.29, 1.82) is 0 Å². The van der Waals surface area contributed by atoms with Crippen LogP contribution in [0.25, 0.3) is 0 Å². The van der Waals surface area contributed by atoms with Crippen LogP contribution in [-0.4, -0.2) is 23.9 Å². The molecular formula is C19H21NO2. The molecule has 3 nitrogen and oxygen atoms in total. The highest BCUT2D eigenvalue weighted by Crippen LogP contribution is 2.22. The van der Waals surface area contributed by atoms with Crippen molar-refractivity contribution in [2.45, 2.75) is 25.9 Å². The Kier molecular flexibility index (Phi) is 4.74. The number of rotatable bonds is 4. The van der Waals surface area contributed by atoms with Crippen molar-refractivity contribution < 1.29 is 9.53 Å². The van der Waals surface area contributed by atoms with E-state index in [1.807, 2.05) is 59.5 Å². The van der Waals surface area contributed by atoms with Gasteiger partial charge in [0.2, 0.25) is 0 Å². The van der Waals surface area contributed by atoms with Gasteiger partial charge >= 0.3 is 0 Å². The molecule has 3 rings (SSSR count). The van der Waals surface area contributed by atoms with E-state index in [0.717, 1.165) is 31.5 Å². The Balaban J connectivity index is 1.73. The zero-order chi connectivity index (χ0) is 15.2. The Morgan fingerprint density at radius 2 is 1.59 bits per heavy atom. The molecule has 1 fully saturated rings. The quantitative estimate of drug-likeness (QED) is 0.856. The molecular weight excluding hydrogens is 274 g/mol. The van der Waals surface area contributed by atoms with E-state index in [1.54, 1.807) is 0 Å². The Morgan fingerprint density at radius 1 is 0.909 bits per heavy atom. The maximum absolute atomic E-state index is 12.7. The molecule has 0 aromatic heterocycles. The minimum atomic E-state index is 0.0864. The average molecular weight is 295 g/mol. The number of benzene rings is 2. The summed E-state index contributed by atoms with van der Waals surface area (Å²) in [5.41, 5.74) is 1.77. The monoisotopic (exact) mass is 295 g/mol. The van der Waals surface area contributed by atoms with Gasteiger partial charge in [-0.1, -0.05) is 42.5 Å². The summed E-state index contributed by atoms with van der Waals surface area (Å²) in [4.78, 5) is 14.6. The van der Waals surface area contributed by atoms with Gasteiger partial charge in [-0.15, -0.1) is 0 Å². The highest BCUT2D eigenvalue weighted by atomic mass is 16.5. The van der Waals surface area contributed by atoms with Crippen LogP contribution in [0.1, 0.15) is 35.2 Å². The Bertz CT molecular complexity index is 618. The molecule has 2 aromatic carbocycles. The van der Waals surface area contributed by atoms with Gasteiger partial charge < -0.3 is 9.64 Å². The van der Waals surface area contributed by atoms with Crippen molar-refractivity contribution in [2.24, 2.45) is 0 Å². The number of carbonyl (C=O) groups is 1. The Hall–Kier alpha value is -2.29. The maximum Gasteiger partial charge on any atom is 0.257 e. The van der Waals surface area contributed by atoms with Crippen LogP contribution in [0.5, 0.6) is 5.75 Å². The van der Waals surface area contributed by atoms with Crippen molar-refractivity contribution in [3.8, 4) is 5.75 Å². The first-order valence-corrected chi connectivity index (χ1v) is 7.89. The van der Waals surface area contributed by atoms with Gasteiger partial charge in [0.25, 0.3) is 5.91 Å². The molecule has 0 saturated carbocycles. The van der Waals surface area contributed by atoms with Crippen LogP contribution in [0.15, 0.2) is 54.6 Å². The molecule has 0 aliphatic carbocycles. The molecule has 0 radical (unpaired) electrons. The van der Waals surface area contributed by atoms with Gasteiger partial charge in [-0.05, 0) is 37.0 Å². The normalized spacial score (nSPS) is 14.6. The lowest BCUT2D eigenvalue weighted by atomic mass is 10.1. The number of likely N-dealkylation sites (tertiary alicyclic amines) is 1. The highest BCUT2D eigenvalue weighted by Gasteiger charge is 2.21. The Labute approximate surface area is 131 Å². The molecule has 0 atom stereocenters. The van der Waals surface area contributed by atoms with Crippen molar-refractivity contribution >= 4 is 5.91 Å². The second-order valence-electron chi connectivity index (χ2n) is 5.62. The van der Waals surface area contributed by atoms with Crippen LogP contribution in [0, 0.1) is 0 Å². The summed E-state index contributed by atoms with van der Waals surface area (Å²) in [7, 11) is 0. The molecule has 0 unspecified atom stereocenters. The lowest BCUT2D eigenvalue weighted by Crippen LogP contribution is -2.35. The van der Waals surface area contributed by atoms with E-state index in [4.69, 9.17) is 4.74 Å². The lowest BCUT2D eigenvalue weighted by Gasteiger charge is -2.27. The van der Waals surface area contributed by atoms with Gasteiger partial charge in [-0.3, -0.25) is 4.79 Å². The van der Waals surface area contributed by atoms with Crippen LogP contribution >= 0.6 is 0 Å². The lowest BCUT2D eigenvalue weighted by molar-refractivity contribution is 0.0719. The number of para-hydroxylation sites is 1. The van der Waals surface area contributed by atoms with E-state index < -0.39 is 0 Å². The predicted octanol–water partition coefficient (Wildman–Crippen LogP) is 3.89. The summed E-state index contributed by atoms with van der Waals surface area (Å²) in [6.45, 7) is 2.18. The van der Waals surface area contributed by atoms with E-state index in [-0.39, 0.29) is 5.91 Å². The van der Waals surface area contributed by atoms with E-state index in [2.05, 4.69) is 0 Å². The zero-order valence-electron chi connectivity index (χ0n) is 12.7. The summed E-state index contributed by atoms with van der Waals surface area (Å²) in [5, 5.41) is 0. The van der Waals surface area contributed by atoms with E-state index in [1.165, 1.54) is 6.42 Å². The minimum Gasteiger partial charge on any atom is -0.488 e. The molecule has 2 aromatic rings. The van der Waals surface area contributed by atoms with Crippen LogP contribution in [0.3, 0.4) is 0 Å². The molecule has 0 N–H and O–H groups in total. The molecule has 1 heterocycles. The predicted molar refractivity (Wildman–Crippen MR) is 87.0 cm³/mol. The second kappa shape index (κ2) is 7.12. The fourth-order valence-corrected chi connectivity index (χ4v) is 2.77. The van der Waals surface area contributed by atoms with Crippen molar-refractivity contribution in [3.63, 3.8) is 0 Å². The van der Waals surface area contributed by atoms with Gasteiger partial charge in [-0.2, -0.15) is 0 Å². The first-order chi connectivity index (χ1) is 10.8. The van der Waals surface area contributed by atoms with Gasteiger partial charge in [0, 0.05) is 13.1 Å². The SMILES string of the molecule is O=C(c1ccccc1OCc1ccccc1)N1CCCCC1. The average Bonchev–Trinajstić information content (AvgIpc) is 2.61. The fourth-order valence-electron chi connectivity index (χ4n) is 2.77. The van der Waals surface area contributed by atoms with Crippen molar-refractivity contribution in [2.75, 3.05) is 13.1 Å². The molecule has 1 saturated heterocycles. The standard InChI is InChI=1S/C19H21NO2/c21-19(20-13-7-2-8-14-20)17-11-5-6-12-18(17)22-15-16-9-3-1-4-10-16/h1,3-6,9-12H,2,7-8,13-15H2. The largest absolute Gasteiger partial charge is 0.488 e. The third-order valence-electron chi connectivity index (χ3n) is 4.00. The van der Waals surface area contributed by atoms with Gasteiger partial charge in [0.1, 0.15) is 12.4 Å². The maximum atomic E-state index is 12.7. The molecule has 0 spiro atoms. The fraction of sp³-hybridized carbons (Fsp3) is 0.316. The smallest absolute Gasteiger partial charge is 0.257 e. The summed E-state index contributed by atoms with van der Waals surface area (Å²) < 4.78 is 5.89.